The number of nitrogens with one attached hydrogen (secondary N) is 2. The topological polar surface area (TPSA) is 101 Å². The number of fused-ring (bicyclic) bond motifs is 2. The van der Waals surface area contributed by atoms with Gasteiger partial charge in [-0.3, -0.25) is 30.6 Å². The van der Waals surface area contributed by atoms with Gasteiger partial charge in [-0.1, -0.05) is 38.1 Å². The molecule has 2 fully saturated rings. The van der Waals surface area contributed by atoms with Gasteiger partial charge in [0.1, 0.15) is 0 Å². The normalized spacial score (nSPS) is 25.8. The van der Waals surface area contributed by atoms with Crippen LogP contribution in [0.2, 0.25) is 0 Å². The summed E-state index contributed by atoms with van der Waals surface area (Å²) < 4.78 is 0. The van der Waals surface area contributed by atoms with Crippen molar-refractivity contribution in [2.75, 3.05) is 0 Å². The molecule has 2 amide bonds. The van der Waals surface area contributed by atoms with Crippen molar-refractivity contribution in [3.63, 3.8) is 0 Å². The average molecular weight is 357 g/mol. The van der Waals surface area contributed by atoms with Gasteiger partial charge < -0.3 is 0 Å². The number of hydrazine groups is 1. The zero-order chi connectivity index (χ0) is 19.1. The number of hydrogen-bond donors (Lipinski definition) is 2. The van der Waals surface area contributed by atoms with Crippen LogP contribution in [0.25, 0.3) is 0 Å². The Morgan fingerprint density at radius 3 is 2.46 bits per heavy atom. The third-order valence-electron chi connectivity index (χ3n) is 6.15. The largest absolute Gasteiger partial charge is 0.273 e. The van der Waals surface area contributed by atoms with Gasteiger partial charge in [0.2, 0.25) is 11.8 Å². The number of carbonyl (C=O) groups is 2. The molecule has 0 spiro atoms. The van der Waals surface area contributed by atoms with Crippen LogP contribution in [0, 0.1) is 26.9 Å². The van der Waals surface area contributed by atoms with E-state index < -0.39 is 10.3 Å². The molecule has 1 aromatic rings. The second-order valence-electron chi connectivity index (χ2n) is 7.82. The summed E-state index contributed by atoms with van der Waals surface area (Å²) in [4.78, 5) is 35.0. The van der Waals surface area contributed by atoms with E-state index in [0.717, 1.165) is 24.8 Å². The fourth-order valence-electron chi connectivity index (χ4n) is 4.35. The van der Waals surface area contributed by atoms with E-state index in [9.17, 15) is 19.7 Å². The van der Waals surface area contributed by atoms with Crippen LogP contribution in [0.5, 0.6) is 0 Å². The lowest BCUT2D eigenvalue weighted by Crippen LogP contribution is -2.49. The van der Waals surface area contributed by atoms with Crippen molar-refractivity contribution in [3.8, 4) is 0 Å². The molecule has 2 saturated carbocycles. The third-order valence-corrected chi connectivity index (χ3v) is 6.15. The van der Waals surface area contributed by atoms with Gasteiger partial charge in [0, 0.05) is 12.1 Å². The van der Waals surface area contributed by atoms with E-state index in [1.54, 1.807) is 0 Å². The summed E-state index contributed by atoms with van der Waals surface area (Å²) in [6.07, 6.45) is 2.57. The van der Waals surface area contributed by atoms with Crippen molar-refractivity contribution in [2.24, 2.45) is 16.7 Å². The van der Waals surface area contributed by atoms with E-state index in [2.05, 4.69) is 31.3 Å². The summed E-state index contributed by atoms with van der Waals surface area (Å²) in [5.41, 5.74) is 5.92. The lowest BCUT2D eigenvalue weighted by Gasteiger charge is -2.37. The van der Waals surface area contributed by atoms with E-state index in [1.807, 2.05) is 0 Å². The Hall–Kier alpha value is -2.70. The molecule has 7 nitrogen and oxygen atoms in total. The van der Waals surface area contributed by atoms with Crippen molar-refractivity contribution < 1.29 is 14.5 Å². The predicted molar refractivity (Wildman–Crippen MR) is 95.8 cm³/mol. The fourth-order valence-corrected chi connectivity index (χ4v) is 4.35. The summed E-state index contributed by atoms with van der Waals surface area (Å²) in [6.45, 7) is 8.42. The van der Waals surface area contributed by atoms with Gasteiger partial charge in [0.05, 0.1) is 16.8 Å². The molecule has 3 rings (SSSR count). The standard InChI is InChI=1S/C19H23N3O4/c1-12-18(2,3)14-8-9-19(12,11-14)17(24)21-20-16(23)10-13-4-6-15(7-5-13)22(25)26/h4-7,14H,1,8-11H2,2-3H3,(H,20,23)(H,21,24). The quantitative estimate of drug-likeness (QED) is 0.491. The zero-order valence-electron chi connectivity index (χ0n) is 15.0. The summed E-state index contributed by atoms with van der Waals surface area (Å²) in [5.74, 6) is -0.120. The number of benzene rings is 1. The van der Waals surface area contributed by atoms with Crippen LogP contribution < -0.4 is 10.9 Å². The molecule has 0 saturated heterocycles. The molecule has 2 N–H and O–H groups in total. The summed E-state index contributed by atoms with van der Waals surface area (Å²) in [6, 6.07) is 5.76. The van der Waals surface area contributed by atoms with Gasteiger partial charge in [-0.2, -0.15) is 0 Å². The number of non-ortho nitro benzene ring substituents is 1. The van der Waals surface area contributed by atoms with Crippen molar-refractivity contribution in [3.05, 3.63) is 52.1 Å². The Morgan fingerprint density at radius 1 is 1.27 bits per heavy atom. The van der Waals surface area contributed by atoms with Crippen LogP contribution in [0.15, 0.2) is 36.4 Å². The minimum atomic E-state index is -0.588. The molecule has 0 aliphatic heterocycles. The van der Waals surface area contributed by atoms with Crippen LogP contribution in [-0.4, -0.2) is 16.7 Å². The third kappa shape index (κ3) is 2.87. The SMILES string of the molecule is C=C1C2(C(=O)NNC(=O)Cc3ccc([N+](=O)[O-])cc3)CCC(C2)C1(C)C. The van der Waals surface area contributed by atoms with Gasteiger partial charge in [0.25, 0.3) is 5.69 Å². The Labute approximate surface area is 152 Å². The number of nitro groups is 1. The Bertz CT molecular complexity index is 784. The van der Waals surface area contributed by atoms with E-state index in [0.29, 0.717) is 11.5 Å². The van der Waals surface area contributed by atoms with Crippen LogP contribution >= 0.6 is 0 Å². The first-order valence-corrected chi connectivity index (χ1v) is 8.69. The Kier molecular flexibility index (Phi) is 4.34. The maximum Gasteiger partial charge on any atom is 0.269 e. The number of nitro benzene ring substituents is 1. The van der Waals surface area contributed by atoms with Crippen molar-refractivity contribution >= 4 is 17.5 Å². The van der Waals surface area contributed by atoms with E-state index in [1.165, 1.54) is 24.3 Å². The summed E-state index contributed by atoms with van der Waals surface area (Å²) in [7, 11) is 0. The van der Waals surface area contributed by atoms with Crippen LogP contribution in [0.4, 0.5) is 5.69 Å². The smallest absolute Gasteiger partial charge is 0.269 e. The lowest BCUT2D eigenvalue weighted by atomic mass is 9.68. The van der Waals surface area contributed by atoms with E-state index in [-0.39, 0.29) is 29.3 Å². The minimum absolute atomic E-state index is 0.0280. The molecular formula is C19H23N3O4. The number of hydrogen-bond acceptors (Lipinski definition) is 4. The zero-order valence-corrected chi connectivity index (χ0v) is 15.0. The van der Waals surface area contributed by atoms with E-state index >= 15 is 0 Å². The molecule has 1 aromatic carbocycles. The van der Waals surface area contributed by atoms with Crippen molar-refractivity contribution in [2.45, 2.75) is 39.5 Å². The van der Waals surface area contributed by atoms with Crippen LogP contribution in [0.1, 0.15) is 38.7 Å². The second kappa shape index (κ2) is 6.23. The van der Waals surface area contributed by atoms with Crippen LogP contribution in [0.3, 0.4) is 0 Å². The van der Waals surface area contributed by atoms with Gasteiger partial charge in [-0.05, 0) is 36.2 Å². The first kappa shape index (κ1) is 18.1. The fraction of sp³-hybridized carbons (Fsp3) is 0.474. The van der Waals surface area contributed by atoms with Gasteiger partial charge >= 0.3 is 0 Å². The molecule has 0 radical (unpaired) electrons. The number of amides is 2. The maximum absolute atomic E-state index is 12.7. The highest BCUT2D eigenvalue weighted by molar-refractivity contribution is 5.90. The van der Waals surface area contributed by atoms with Gasteiger partial charge in [-0.15, -0.1) is 0 Å². The monoisotopic (exact) mass is 357 g/mol. The highest BCUT2D eigenvalue weighted by Gasteiger charge is 2.60. The number of rotatable bonds is 4. The second-order valence-corrected chi connectivity index (χ2v) is 7.82. The maximum atomic E-state index is 12.7. The highest BCUT2D eigenvalue weighted by Crippen LogP contribution is 2.65. The molecule has 0 heterocycles. The molecular weight excluding hydrogens is 334 g/mol. The molecule has 2 aliphatic rings. The molecule has 7 heteroatoms. The van der Waals surface area contributed by atoms with Crippen molar-refractivity contribution in [1.82, 2.24) is 10.9 Å². The molecule has 2 aliphatic carbocycles. The minimum Gasteiger partial charge on any atom is -0.273 e. The molecule has 2 unspecified atom stereocenters. The first-order valence-electron chi connectivity index (χ1n) is 8.69. The molecule has 26 heavy (non-hydrogen) atoms. The Morgan fingerprint density at radius 2 is 1.92 bits per heavy atom. The molecule has 2 bridgehead atoms. The average Bonchev–Trinajstić information content (AvgIpc) is 3.12. The number of carbonyl (C=O) groups excluding carboxylic acids is 2. The van der Waals surface area contributed by atoms with E-state index in [4.69, 9.17) is 0 Å². The van der Waals surface area contributed by atoms with Crippen molar-refractivity contribution in [1.29, 1.82) is 0 Å². The molecule has 2 atom stereocenters. The summed E-state index contributed by atoms with van der Waals surface area (Å²) >= 11 is 0. The molecule has 0 aromatic heterocycles. The van der Waals surface area contributed by atoms with Crippen LogP contribution in [-0.2, 0) is 16.0 Å². The Balaban J connectivity index is 1.57. The number of nitrogens with zero attached hydrogens (tertiary/aromatic N) is 1. The highest BCUT2D eigenvalue weighted by atomic mass is 16.6. The lowest BCUT2D eigenvalue weighted by molar-refractivity contribution is -0.384. The predicted octanol–water partition coefficient (Wildman–Crippen LogP) is 2.67. The van der Waals surface area contributed by atoms with Gasteiger partial charge in [0.15, 0.2) is 0 Å². The molecule has 138 valence electrons. The summed E-state index contributed by atoms with van der Waals surface area (Å²) in [5, 5.41) is 10.6. The first-order chi connectivity index (χ1) is 12.2. The van der Waals surface area contributed by atoms with Gasteiger partial charge in [-0.25, -0.2) is 0 Å².